The third kappa shape index (κ3) is 7.90. The van der Waals surface area contributed by atoms with Crippen molar-refractivity contribution in [2.45, 2.75) is 76.8 Å². The van der Waals surface area contributed by atoms with Crippen molar-refractivity contribution in [2.24, 2.45) is 10.4 Å². The smallest absolute Gasteiger partial charge is 0.269 e. The summed E-state index contributed by atoms with van der Waals surface area (Å²) < 4.78 is 55.2. The van der Waals surface area contributed by atoms with Crippen molar-refractivity contribution in [1.82, 2.24) is 24.5 Å². The highest BCUT2D eigenvalue weighted by molar-refractivity contribution is 7.91. The first-order valence-corrected chi connectivity index (χ1v) is 18.9. The number of rotatable bonds is 11. The molecule has 1 aromatic carbocycles. The summed E-state index contributed by atoms with van der Waals surface area (Å²) in [5.74, 6) is 0.0538. The van der Waals surface area contributed by atoms with Crippen LogP contribution in [0.4, 0.5) is 10.2 Å². The molecule has 1 unspecified atom stereocenters. The fourth-order valence-corrected chi connectivity index (χ4v) is 8.94. The molecular formula is C35H46FN7O6S. The molecule has 0 bridgehead atoms. The average molecular weight is 712 g/mol. The van der Waals surface area contributed by atoms with E-state index >= 15 is 0 Å². The van der Waals surface area contributed by atoms with Crippen LogP contribution in [0.2, 0.25) is 0 Å². The Bertz CT molecular complexity index is 1750. The molecule has 4 aliphatic heterocycles. The Labute approximate surface area is 293 Å². The molecule has 1 N–H and O–H groups in total. The number of aromatic nitrogens is 2. The van der Waals surface area contributed by atoms with E-state index in [1.165, 1.54) is 36.8 Å². The fraction of sp³-hybridized carbons (Fsp3) is 0.571. The van der Waals surface area contributed by atoms with Gasteiger partial charge in [0.05, 0.1) is 24.5 Å². The zero-order valence-electron chi connectivity index (χ0n) is 29.0. The van der Waals surface area contributed by atoms with Gasteiger partial charge in [-0.3, -0.25) is 9.59 Å². The zero-order valence-corrected chi connectivity index (χ0v) is 29.9. The fourth-order valence-electron chi connectivity index (χ4n) is 7.37. The van der Waals surface area contributed by atoms with E-state index in [9.17, 15) is 22.4 Å². The molecule has 4 aliphatic rings. The van der Waals surface area contributed by atoms with Crippen LogP contribution in [0, 0.1) is 11.2 Å². The molecule has 50 heavy (non-hydrogen) atoms. The molecule has 2 aromatic rings. The number of dihydropyridines is 1. The Morgan fingerprint density at radius 3 is 2.62 bits per heavy atom. The summed E-state index contributed by atoms with van der Waals surface area (Å²) in [6.45, 7) is 12.4. The lowest BCUT2D eigenvalue weighted by molar-refractivity contribution is -0.113. The van der Waals surface area contributed by atoms with Gasteiger partial charge in [0.25, 0.3) is 11.8 Å². The monoisotopic (exact) mass is 711 g/mol. The van der Waals surface area contributed by atoms with Crippen molar-refractivity contribution in [1.29, 1.82) is 0 Å². The first-order chi connectivity index (χ1) is 23.9. The van der Waals surface area contributed by atoms with Crippen molar-refractivity contribution in [3.8, 4) is 11.5 Å². The third-order valence-electron chi connectivity index (χ3n) is 10.2. The molecule has 2 amide bonds. The van der Waals surface area contributed by atoms with Crippen LogP contribution < -0.4 is 14.4 Å². The van der Waals surface area contributed by atoms with Gasteiger partial charge in [0, 0.05) is 56.0 Å². The first kappa shape index (κ1) is 36.0. The summed E-state index contributed by atoms with van der Waals surface area (Å²) in [6, 6.07) is 3.60. The minimum absolute atomic E-state index is 0.0343. The number of carbonyl (C=O) groups excluding carboxylic acids is 2. The molecule has 3 atom stereocenters. The van der Waals surface area contributed by atoms with E-state index in [1.807, 2.05) is 20.8 Å². The van der Waals surface area contributed by atoms with Crippen LogP contribution in [0.15, 0.2) is 47.4 Å². The quantitative estimate of drug-likeness (QED) is 0.367. The van der Waals surface area contributed by atoms with Gasteiger partial charge in [-0.25, -0.2) is 32.5 Å². The molecule has 1 aromatic heterocycles. The van der Waals surface area contributed by atoms with E-state index in [2.05, 4.69) is 29.5 Å². The highest BCUT2D eigenvalue weighted by atomic mass is 32.2. The maximum absolute atomic E-state index is 14.3. The number of hydrogen-bond acceptors (Lipinski definition) is 10. The minimum atomic E-state index is -3.73. The maximum Gasteiger partial charge on any atom is 0.269 e. The number of amides is 2. The molecule has 5 heterocycles. The molecule has 1 spiro atoms. The van der Waals surface area contributed by atoms with Crippen molar-refractivity contribution >= 4 is 33.9 Å². The lowest BCUT2D eigenvalue weighted by atomic mass is 9.72. The van der Waals surface area contributed by atoms with E-state index in [0.717, 1.165) is 52.0 Å². The number of nitrogens with zero attached hydrogens (tertiary/aromatic N) is 6. The van der Waals surface area contributed by atoms with Crippen LogP contribution in [0.25, 0.3) is 0 Å². The van der Waals surface area contributed by atoms with E-state index in [-0.39, 0.29) is 40.8 Å². The van der Waals surface area contributed by atoms with Crippen LogP contribution in [-0.2, 0) is 19.6 Å². The number of carbonyl (C=O) groups is 2. The highest BCUT2D eigenvalue weighted by Crippen LogP contribution is 2.45. The molecule has 0 saturated carbocycles. The van der Waals surface area contributed by atoms with Gasteiger partial charge in [-0.1, -0.05) is 0 Å². The summed E-state index contributed by atoms with van der Waals surface area (Å²) in [7, 11) is -3.73. The third-order valence-corrected chi connectivity index (χ3v) is 12.0. The van der Waals surface area contributed by atoms with E-state index in [4.69, 9.17) is 9.47 Å². The normalized spacial score (nSPS) is 23.9. The molecule has 15 heteroatoms. The lowest BCUT2D eigenvalue weighted by Crippen LogP contribution is -2.61. The summed E-state index contributed by atoms with van der Waals surface area (Å²) in [5, 5.41) is -0.950. The molecule has 270 valence electrons. The molecule has 0 radical (unpaired) electrons. The summed E-state index contributed by atoms with van der Waals surface area (Å²) in [4.78, 5) is 43.4. The van der Waals surface area contributed by atoms with Gasteiger partial charge in [-0.2, -0.15) is 0 Å². The van der Waals surface area contributed by atoms with Crippen LogP contribution in [0.1, 0.15) is 63.7 Å². The number of benzene rings is 1. The molecule has 6 rings (SSSR count). The van der Waals surface area contributed by atoms with Crippen molar-refractivity contribution in [3.05, 3.63) is 53.8 Å². The molecule has 0 aliphatic carbocycles. The number of ether oxygens (including phenoxy) is 2. The van der Waals surface area contributed by atoms with E-state index < -0.39 is 27.0 Å². The largest absolute Gasteiger partial charge is 0.451 e. The van der Waals surface area contributed by atoms with Gasteiger partial charge in [0.15, 0.2) is 11.6 Å². The SMILES string of the molecule is CCN(C(=O)c1cc(F)ccc1Oc1cncnc1N1CC2(CCN(C[C@@H]3CC[C@@H](NS(=O)(=O)C4C=NC(=O)C=C4C)CO3)CC2)C1)C(C)C. The van der Waals surface area contributed by atoms with Crippen LogP contribution in [0.3, 0.4) is 0 Å². The number of nitrogens with one attached hydrogen (secondary N) is 1. The number of likely N-dealkylation sites (tertiary alicyclic amines) is 1. The van der Waals surface area contributed by atoms with Gasteiger partial charge < -0.3 is 24.2 Å². The molecular weight excluding hydrogens is 665 g/mol. The number of sulfonamides is 1. The average Bonchev–Trinajstić information content (AvgIpc) is 3.06. The Hall–Kier alpha value is -3.79. The second-order valence-electron chi connectivity index (χ2n) is 14.1. The van der Waals surface area contributed by atoms with Crippen LogP contribution in [-0.4, -0.2) is 116 Å². The predicted molar refractivity (Wildman–Crippen MR) is 187 cm³/mol. The molecule has 13 nitrogen and oxygen atoms in total. The Balaban J connectivity index is 0.992. The minimum Gasteiger partial charge on any atom is -0.451 e. The van der Waals surface area contributed by atoms with Crippen molar-refractivity contribution in [2.75, 3.05) is 50.8 Å². The highest BCUT2D eigenvalue weighted by Gasteiger charge is 2.46. The van der Waals surface area contributed by atoms with Gasteiger partial charge in [-0.05, 0) is 90.2 Å². The van der Waals surface area contributed by atoms with Crippen molar-refractivity contribution in [3.63, 3.8) is 0 Å². The maximum atomic E-state index is 14.3. The topological polar surface area (TPSA) is 147 Å². The predicted octanol–water partition coefficient (Wildman–Crippen LogP) is 3.57. The van der Waals surface area contributed by atoms with Gasteiger partial charge >= 0.3 is 0 Å². The van der Waals surface area contributed by atoms with Crippen molar-refractivity contribution < 1.29 is 31.9 Å². The number of halogens is 1. The summed E-state index contributed by atoms with van der Waals surface area (Å²) in [6.07, 6.45) is 9.02. The Kier molecular flexibility index (Phi) is 10.7. The van der Waals surface area contributed by atoms with Crippen LogP contribution >= 0.6 is 0 Å². The second kappa shape index (κ2) is 14.8. The molecule has 3 fully saturated rings. The van der Waals surface area contributed by atoms with Gasteiger partial charge in [0.2, 0.25) is 10.0 Å². The van der Waals surface area contributed by atoms with Gasteiger partial charge in [-0.15, -0.1) is 0 Å². The van der Waals surface area contributed by atoms with Crippen LogP contribution in [0.5, 0.6) is 11.5 Å². The van der Waals surface area contributed by atoms with Gasteiger partial charge in [0.1, 0.15) is 23.1 Å². The number of anilines is 1. The number of aliphatic imine (C=N–C) groups is 1. The Morgan fingerprint density at radius 2 is 1.96 bits per heavy atom. The van der Waals surface area contributed by atoms with E-state index in [1.54, 1.807) is 18.0 Å². The molecule has 3 saturated heterocycles. The van der Waals surface area contributed by atoms with E-state index in [0.29, 0.717) is 36.7 Å². The number of piperidine rings is 1. The number of hydrogen-bond donors (Lipinski definition) is 1. The standard InChI is InChI=1S/C35H46FN7O6S/c1-5-43(23(2)3)34(45)28-15-25(36)6-9-29(28)49-30-16-37-22-39-33(30)42-20-35(21-42)10-12-41(13-11-35)18-27-8-7-26(19-48-27)40-50(46,47)31-17-38-32(44)14-24(31)4/h6,9,14-17,22-23,26-27,31,40H,5,7-8,10-13,18-21H2,1-4H3/t26-,27+,31?/m1/s1. The summed E-state index contributed by atoms with van der Waals surface area (Å²) in [5.41, 5.74) is 0.764. The lowest BCUT2D eigenvalue weighted by Gasteiger charge is -2.54. The Morgan fingerprint density at radius 1 is 1.20 bits per heavy atom. The first-order valence-electron chi connectivity index (χ1n) is 17.3. The zero-order chi connectivity index (χ0) is 35.6. The second-order valence-corrected chi connectivity index (χ2v) is 15.9. The summed E-state index contributed by atoms with van der Waals surface area (Å²) >= 11 is 0.